The molecule has 6 nitrogen and oxygen atoms in total. The molecule has 0 aliphatic carbocycles. The number of hydrogen-bond acceptors (Lipinski definition) is 5. The molecule has 2 aliphatic heterocycles. The molecule has 2 heterocycles. The Kier molecular flexibility index (Phi) is 9.85. The van der Waals surface area contributed by atoms with Gasteiger partial charge < -0.3 is 20.1 Å². The standard InChI is InChI=1S/C14H27N3O3.2ClH/c1-10-8-17(6-5-16(10)9-11(2)18)14(19)13-12(3)20-7-4-15-13;;/h10-13,15,18H,4-9H2,1-3H3;2*1H/t10?,11?,12-,13+;;/m1../s1. The Hall–Kier alpha value is -0.110. The number of hydrogen-bond donors (Lipinski definition) is 2. The molecule has 2 aliphatic rings. The van der Waals surface area contributed by atoms with Gasteiger partial charge in [-0.15, -0.1) is 24.8 Å². The van der Waals surface area contributed by atoms with Gasteiger partial charge in [0.25, 0.3) is 0 Å². The quantitative estimate of drug-likeness (QED) is 0.751. The molecule has 2 unspecified atom stereocenters. The van der Waals surface area contributed by atoms with Crippen molar-refractivity contribution in [3.63, 3.8) is 0 Å². The Balaban J connectivity index is 0.00000220. The van der Waals surface area contributed by atoms with Gasteiger partial charge in [0.15, 0.2) is 0 Å². The first-order valence-electron chi connectivity index (χ1n) is 7.55. The highest BCUT2D eigenvalue weighted by atomic mass is 35.5. The van der Waals surface area contributed by atoms with Crippen LogP contribution < -0.4 is 5.32 Å². The number of β-amino-alcohol motifs (C(OH)–C–C–N with tert-alkyl or cyclic N) is 1. The van der Waals surface area contributed by atoms with E-state index in [4.69, 9.17) is 4.74 Å². The Morgan fingerprint density at radius 3 is 2.59 bits per heavy atom. The fourth-order valence-electron chi connectivity index (χ4n) is 3.01. The van der Waals surface area contributed by atoms with Crippen LogP contribution in [0.25, 0.3) is 0 Å². The van der Waals surface area contributed by atoms with Crippen molar-refractivity contribution in [3.8, 4) is 0 Å². The zero-order chi connectivity index (χ0) is 14.7. The number of aliphatic hydroxyl groups is 1. The van der Waals surface area contributed by atoms with E-state index in [0.29, 0.717) is 13.2 Å². The van der Waals surface area contributed by atoms with E-state index in [2.05, 4.69) is 17.1 Å². The van der Waals surface area contributed by atoms with Gasteiger partial charge in [0.05, 0.1) is 18.8 Å². The van der Waals surface area contributed by atoms with Gasteiger partial charge in [-0.05, 0) is 20.8 Å². The van der Waals surface area contributed by atoms with Crippen LogP contribution in [0.5, 0.6) is 0 Å². The summed E-state index contributed by atoms with van der Waals surface area (Å²) in [6, 6.07) is 0.0568. The number of carbonyl (C=O) groups is 1. The number of aliphatic hydroxyl groups excluding tert-OH is 1. The Morgan fingerprint density at radius 1 is 1.36 bits per heavy atom. The minimum atomic E-state index is -0.326. The molecule has 4 atom stereocenters. The van der Waals surface area contributed by atoms with E-state index >= 15 is 0 Å². The fourth-order valence-corrected chi connectivity index (χ4v) is 3.01. The first-order valence-corrected chi connectivity index (χ1v) is 7.55. The van der Waals surface area contributed by atoms with Gasteiger partial charge in [0.1, 0.15) is 6.04 Å². The maximum atomic E-state index is 12.6. The molecule has 22 heavy (non-hydrogen) atoms. The van der Waals surface area contributed by atoms with Crippen LogP contribution in [0.1, 0.15) is 20.8 Å². The van der Waals surface area contributed by atoms with E-state index < -0.39 is 0 Å². The molecule has 0 aromatic rings. The molecule has 0 saturated carbocycles. The van der Waals surface area contributed by atoms with Gasteiger partial charge >= 0.3 is 0 Å². The first-order chi connectivity index (χ1) is 9.49. The third-order valence-electron chi connectivity index (χ3n) is 4.16. The molecule has 2 fully saturated rings. The Labute approximate surface area is 145 Å². The van der Waals surface area contributed by atoms with Crippen LogP contribution >= 0.6 is 24.8 Å². The highest BCUT2D eigenvalue weighted by molar-refractivity contribution is 5.85. The van der Waals surface area contributed by atoms with E-state index in [1.807, 2.05) is 11.8 Å². The third kappa shape index (κ3) is 5.51. The number of rotatable bonds is 3. The summed E-state index contributed by atoms with van der Waals surface area (Å²) in [7, 11) is 0. The molecular weight excluding hydrogens is 329 g/mol. The number of ether oxygens (including phenoxy) is 1. The summed E-state index contributed by atoms with van der Waals surface area (Å²) in [6.45, 7) is 10.2. The summed E-state index contributed by atoms with van der Waals surface area (Å²) < 4.78 is 5.55. The maximum Gasteiger partial charge on any atom is 0.242 e. The number of nitrogens with zero attached hydrogens (tertiary/aromatic N) is 2. The lowest BCUT2D eigenvalue weighted by Crippen LogP contribution is -2.61. The van der Waals surface area contributed by atoms with Gasteiger partial charge in [0.2, 0.25) is 5.91 Å². The molecule has 132 valence electrons. The first kappa shape index (κ1) is 21.9. The van der Waals surface area contributed by atoms with Crippen molar-refractivity contribution in [1.29, 1.82) is 0 Å². The predicted octanol–water partition coefficient (Wildman–Crippen LogP) is 0.120. The lowest BCUT2D eigenvalue weighted by molar-refractivity contribution is -0.142. The Bertz CT molecular complexity index is 347. The minimum Gasteiger partial charge on any atom is -0.392 e. The van der Waals surface area contributed by atoms with E-state index in [1.165, 1.54) is 0 Å². The zero-order valence-electron chi connectivity index (χ0n) is 13.5. The molecule has 0 radical (unpaired) electrons. The molecule has 0 spiro atoms. The van der Waals surface area contributed by atoms with Crippen LogP contribution in [0, 0.1) is 0 Å². The van der Waals surface area contributed by atoms with Gasteiger partial charge in [-0.3, -0.25) is 9.69 Å². The SMILES string of the molecule is CC(O)CN1CCN(C(=O)[C@H]2NCCO[C@@H]2C)CC1C.Cl.Cl. The third-order valence-corrected chi connectivity index (χ3v) is 4.16. The van der Waals surface area contributed by atoms with E-state index in [1.54, 1.807) is 6.92 Å². The summed E-state index contributed by atoms with van der Waals surface area (Å²) in [5.74, 6) is 0.140. The van der Waals surface area contributed by atoms with Gasteiger partial charge in [-0.1, -0.05) is 0 Å². The monoisotopic (exact) mass is 357 g/mol. The number of nitrogens with one attached hydrogen (secondary N) is 1. The van der Waals surface area contributed by atoms with Crippen molar-refractivity contribution in [3.05, 3.63) is 0 Å². The predicted molar refractivity (Wildman–Crippen MR) is 91.0 cm³/mol. The van der Waals surface area contributed by atoms with Crippen molar-refractivity contribution in [2.24, 2.45) is 0 Å². The summed E-state index contributed by atoms with van der Waals surface area (Å²) >= 11 is 0. The molecule has 0 aromatic carbocycles. The van der Waals surface area contributed by atoms with Crippen molar-refractivity contribution in [1.82, 2.24) is 15.1 Å². The highest BCUT2D eigenvalue weighted by Gasteiger charge is 2.35. The van der Waals surface area contributed by atoms with Crippen LogP contribution in [-0.4, -0.2) is 84.4 Å². The molecule has 2 rings (SSSR count). The average Bonchev–Trinajstić information content (AvgIpc) is 2.40. The van der Waals surface area contributed by atoms with Crippen molar-refractivity contribution in [2.45, 2.75) is 45.1 Å². The average molecular weight is 358 g/mol. The second-order valence-corrected chi connectivity index (χ2v) is 5.98. The molecule has 1 amide bonds. The summed E-state index contributed by atoms with van der Waals surface area (Å²) in [4.78, 5) is 16.7. The van der Waals surface area contributed by atoms with Gasteiger partial charge in [-0.2, -0.15) is 0 Å². The normalized spacial score (nSPS) is 30.9. The second kappa shape index (κ2) is 9.90. The molecule has 2 saturated heterocycles. The lowest BCUT2D eigenvalue weighted by Gasteiger charge is -2.42. The number of morpholine rings is 1. The maximum absolute atomic E-state index is 12.6. The summed E-state index contributed by atoms with van der Waals surface area (Å²) in [5, 5.41) is 12.7. The van der Waals surface area contributed by atoms with Crippen LogP contribution in [0.3, 0.4) is 0 Å². The number of halogens is 2. The van der Waals surface area contributed by atoms with Crippen molar-refractivity contribution in [2.75, 3.05) is 39.3 Å². The molecule has 2 N–H and O–H groups in total. The Morgan fingerprint density at radius 2 is 2.05 bits per heavy atom. The molecule has 8 heteroatoms. The summed E-state index contributed by atoms with van der Waals surface area (Å²) in [6.07, 6.45) is -0.393. The van der Waals surface area contributed by atoms with E-state index in [0.717, 1.165) is 26.2 Å². The van der Waals surface area contributed by atoms with E-state index in [-0.39, 0.29) is 55.0 Å². The van der Waals surface area contributed by atoms with Crippen LogP contribution in [-0.2, 0) is 9.53 Å². The van der Waals surface area contributed by atoms with Crippen LogP contribution in [0.15, 0.2) is 0 Å². The van der Waals surface area contributed by atoms with Gasteiger partial charge in [-0.25, -0.2) is 0 Å². The van der Waals surface area contributed by atoms with Crippen LogP contribution in [0.2, 0.25) is 0 Å². The minimum absolute atomic E-state index is 0. The number of amides is 1. The lowest BCUT2D eigenvalue weighted by atomic mass is 10.1. The fraction of sp³-hybridized carbons (Fsp3) is 0.929. The van der Waals surface area contributed by atoms with Crippen molar-refractivity contribution < 1.29 is 14.6 Å². The smallest absolute Gasteiger partial charge is 0.242 e. The van der Waals surface area contributed by atoms with Crippen LogP contribution in [0.4, 0.5) is 0 Å². The van der Waals surface area contributed by atoms with Crippen molar-refractivity contribution >= 4 is 30.7 Å². The highest BCUT2D eigenvalue weighted by Crippen LogP contribution is 2.14. The molecule has 0 aromatic heterocycles. The topological polar surface area (TPSA) is 65.0 Å². The number of carbonyl (C=O) groups excluding carboxylic acids is 1. The molecular formula is C14H29Cl2N3O3. The summed E-state index contributed by atoms with van der Waals surface area (Å²) in [5.41, 5.74) is 0. The number of piperazine rings is 1. The second-order valence-electron chi connectivity index (χ2n) is 5.98. The van der Waals surface area contributed by atoms with Gasteiger partial charge in [0, 0.05) is 38.8 Å². The molecule has 0 bridgehead atoms. The largest absolute Gasteiger partial charge is 0.392 e. The van der Waals surface area contributed by atoms with E-state index in [9.17, 15) is 9.90 Å². The zero-order valence-corrected chi connectivity index (χ0v) is 15.2.